The molecule has 7 nitrogen and oxygen atoms in total. The van der Waals surface area contributed by atoms with Crippen molar-refractivity contribution in [3.63, 3.8) is 0 Å². The molecule has 0 fully saturated rings. The minimum atomic E-state index is -4.02. The van der Waals surface area contributed by atoms with Crippen LogP contribution in [0.2, 0.25) is 0 Å². The van der Waals surface area contributed by atoms with Crippen LogP contribution < -0.4 is 5.32 Å². The van der Waals surface area contributed by atoms with Crippen molar-refractivity contribution in [2.24, 2.45) is 0 Å². The van der Waals surface area contributed by atoms with Crippen molar-refractivity contribution >= 4 is 32.6 Å². The van der Waals surface area contributed by atoms with Gasteiger partial charge in [-0.05, 0) is 53.1 Å². The van der Waals surface area contributed by atoms with E-state index in [-0.39, 0.29) is 23.8 Å². The lowest BCUT2D eigenvalue weighted by atomic mass is 10.0. The molecule has 0 heterocycles. The molecule has 0 saturated carbocycles. The molecular formula is C31H32FN3O4S. The number of nitrogens with zero attached hydrogens (tertiary/aromatic N) is 2. The molecule has 4 aromatic carbocycles. The molecule has 0 unspecified atom stereocenters. The predicted molar refractivity (Wildman–Crippen MR) is 153 cm³/mol. The average Bonchev–Trinajstić information content (AvgIpc) is 2.96. The Morgan fingerprint density at radius 2 is 1.50 bits per heavy atom. The first-order valence-electron chi connectivity index (χ1n) is 13.0. The molecule has 2 amide bonds. The highest BCUT2D eigenvalue weighted by Crippen LogP contribution is 2.22. The van der Waals surface area contributed by atoms with Crippen LogP contribution in [0.15, 0.2) is 102 Å². The Hall–Kier alpha value is -4.08. The summed E-state index contributed by atoms with van der Waals surface area (Å²) >= 11 is 0. The molecule has 0 aromatic heterocycles. The standard InChI is InChI=1S/C31H32FN3O4S/c1-3-33-31(37)29(19-23-9-5-4-6-10-23)35(21-24-13-16-27(32)17-14-24)30(36)22-34(2)40(38,39)28-18-15-25-11-7-8-12-26(25)20-28/h4-18,20,29H,3,19,21-22H2,1-2H3,(H,33,37)/t29-/m1/s1. The Balaban J connectivity index is 1.65. The molecule has 4 rings (SSSR count). The molecular weight excluding hydrogens is 529 g/mol. The van der Waals surface area contributed by atoms with Gasteiger partial charge in [-0.2, -0.15) is 4.31 Å². The van der Waals surface area contributed by atoms with Crippen molar-refractivity contribution in [2.45, 2.75) is 30.8 Å². The Kier molecular flexibility index (Phi) is 9.29. The molecule has 9 heteroatoms. The number of carbonyl (C=O) groups is 2. The highest BCUT2D eigenvalue weighted by molar-refractivity contribution is 7.89. The summed E-state index contributed by atoms with van der Waals surface area (Å²) in [7, 11) is -2.67. The van der Waals surface area contributed by atoms with Gasteiger partial charge in [-0.1, -0.05) is 72.8 Å². The second-order valence-corrected chi connectivity index (χ2v) is 11.6. The summed E-state index contributed by atoms with van der Waals surface area (Å²) in [6, 6.07) is 26.3. The number of fused-ring (bicyclic) bond motifs is 1. The summed E-state index contributed by atoms with van der Waals surface area (Å²) in [5.74, 6) is -1.34. The molecule has 208 valence electrons. The number of amides is 2. The van der Waals surface area contributed by atoms with Crippen molar-refractivity contribution in [3.8, 4) is 0 Å². The van der Waals surface area contributed by atoms with Gasteiger partial charge in [0.05, 0.1) is 11.4 Å². The molecule has 0 bridgehead atoms. The topological polar surface area (TPSA) is 86.8 Å². The SMILES string of the molecule is CCNC(=O)[C@@H](Cc1ccccc1)N(Cc1ccc(F)cc1)C(=O)CN(C)S(=O)(=O)c1ccc2ccccc2c1. The van der Waals surface area contributed by atoms with Crippen LogP contribution in [-0.2, 0) is 32.6 Å². The zero-order valence-electron chi connectivity index (χ0n) is 22.5. The Bertz CT molecular complexity index is 1580. The van der Waals surface area contributed by atoms with Gasteiger partial charge in [0.25, 0.3) is 0 Å². The summed E-state index contributed by atoms with van der Waals surface area (Å²) in [4.78, 5) is 28.5. The van der Waals surface area contributed by atoms with Crippen molar-refractivity contribution in [3.05, 3.63) is 114 Å². The van der Waals surface area contributed by atoms with E-state index in [1.807, 2.05) is 54.6 Å². The first-order chi connectivity index (χ1) is 19.2. The van der Waals surface area contributed by atoms with Gasteiger partial charge in [-0.3, -0.25) is 9.59 Å². The van der Waals surface area contributed by atoms with Gasteiger partial charge in [0.1, 0.15) is 11.9 Å². The number of sulfonamides is 1. The van der Waals surface area contributed by atoms with Crippen LogP contribution >= 0.6 is 0 Å². The van der Waals surface area contributed by atoms with E-state index in [2.05, 4.69) is 5.32 Å². The van der Waals surface area contributed by atoms with Gasteiger partial charge < -0.3 is 10.2 Å². The maximum absolute atomic E-state index is 13.8. The molecule has 1 N–H and O–H groups in total. The first-order valence-corrected chi connectivity index (χ1v) is 14.4. The lowest BCUT2D eigenvalue weighted by molar-refractivity contribution is -0.141. The van der Waals surface area contributed by atoms with E-state index in [1.54, 1.807) is 31.2 Å². The lowest BCUT2D eigenvalue weighted by Gasteiger charge is -2.32. The second-order valence-electron chi connectivity index (χ2n) is 9.52. The number of hydrogen-bond acceptors (Lipinski definition) is 4. The van der Waals surface area contributed by atoms with Crippen LogP contribution in [0.4, 0.5) is 4.39 Å². The number of benzene rings is 4. The number of halogens is 1. The lowest BCUT2D eigenvalue weighted by Crippen LogP contribution is -2.53. The van der Waals surface area contributed by atoms with Gasteiger partial charge in [-0.25, -0.2) is 12.8 Å². The highest BCUT2D eigenvalue weighted by Gasteiger charge is 2.33. The van der Waals surface area contributed by atoms with Crippen LogP contribution in [0.5, 0.6) is 0 Å². The van der Waals surface area contributed by atoms with E-state index in [0.29, 0.717) is 12.1 Å². The Morgan fingerprint density at radius 1 is 0.850 bits per heavy atom. The summed E-state index contributed by atoms with van der Waals surface area (Å²) in [5.41, 5.74) is 1.45. The normalized spacial score (nSPS) is 12.3. The fourth-order valence-electron chi connectivity index (χ4n) is 4.51. The fraction of sp³-hybridized carbons (Fsp3) is 0.226. The monoisotopic (exact) mass is 561 g/mol. The molecule has 4 aromatic rings. The summed E-state index contributed by atoms with van der Waals surface area (Å²) in [6.45, 7) is 1.66. The van der Waals surface area contributed by atoms with E-state index in [1.165, 1.54) is 30.1 Å². The van der Waals surface area contributed by atoms with E-state index >= 15 is 0 Å². The highest BCUT2D eigenvalue weighted by atomic mass is 32.2. The maximum atomic E-state index is 13.8. The van der Waals surface area contributed by atoms with Crippen LogP contribution in [0.3, 0.4) is 0 Å². The molecule has 1 atom stereocenters. The number of likely N-dealkylation sites (N-methyl/N-ethyl adjacent to an activating group) is 2. The van der Waals surface area contributed by atoms with Crippen molar-refractivity contribution in [1.82, 2.24) is 14.5 Å². The smallest absolute Gasteiger partial charge is 0.243 e. The third-order valence-corrected chi connectivity index (χ3v) is 8.47. The minimum Gasteiger partial charge on any atom is -0.355 e. The second kappa shape index (κ2) is 12.8. The van der Waals surface area contributed by atoms with Gasteiger partial charge in [0, 0.05) is 26.6 Å². The molecule has 0 saturated heterocycles. The summed E-state index contributed by atoms with van der Waals surface area (Å²) < 4.78 is 41.5. The van der Waals surface area contributed by atoms with Crippen LogP contribution in [0.25, 0.3) is 10.8 Å². The number of carbonyl (C=O) groups excluding carboxylic acids is 2. The molecule has 0 aliphatic heterocycles. The zero-order valence-corrected chi connectivity index (χ0v) is 23.3. The number of nitrogens with one attached hydrogen (secondary N) is 1. The van der Waals surface area contributed by atoms with Crippen molar-refractivity contribution in [1.29, 1.82) is 0 Å². The van der Waals surface area contributed by atoms with Crippen molar-refractivity contribution in [2.75, 3.05) is 20.1 Å². The molecule has 0 spiro atoms. The molecule has 0 aliphatic carbocycles. The van der Waals surface area contributed by atoms with Crippen LogP contribution in [-0.4, -0.2) is 55.6 Å². The summed E-state index contributed by atoms with van der Waals surface area (Å²) in [6.07, 6.45) is 0.223. The fourth-order valence-corrected chi connectivity index (χ4v) is 5.66. The maximum Gasteiger partial charge on any atom is 0.243 e. The Morgan fingerprint density at radius 3 is 2.17 bits per heavy atom. The molecule has 40 heavy (non-hydrogen) atoms. The third kappa shape index (κ3) is 6.91. The van der Waals surface area contributed by atoms with Crippen LogP contribution in [0.1, 0.15) is 18.1 Å². The van der Waals surface area contributed by atoms with Gasteiger partial charge in [-0.15, -0.1) is 0 Å². The first kappa shape index (κ1) is 28.9. The third-order valence-electron chi connectivity index (χ3n) is 6.68. The number of hydrogen-bond donors (Lipinski definition) is 1. The van der Waals surface area contributed by atoms with E-state index in [9.17, 15) is 22.4 Å². The van der Waals surface area contributed by atoms with E-state index < -0.39 is 34.3 Å². The van der Waals surface area contributed by atoms with Gasteiger partial charge >= 0.3 is 0 Å². The van der Waals surface area contributed by atoms with Crippen LogP contribution in [0, 0.1) is 5.82 Å². The van der Waals surface area contributed by atoms with E-state index in [4.69, 9.17) is 0 Å². The van der Waals surface area contributed by atoms with Crippen molar-refractivity contribution < 1.29 is 22.4 Å². The quantitative estimate of drug-likeness (QED) is 0.295. The predicted octanol–water partition coefficient (Wildman–Crippen LogP) is 4.38. The Labute approximate surface area is 234 Å². The zero-order chi connectivity index (χ0) is 28.7. The summed E-state index contributed by atoms with van der Waals surface area (Å²) in [5, 5.41) is 4.46. The minimum absolute atomic E-state index is 0.00237. The van der Waals surface area contributed by atoms with Gasteiger partial charge in [0.2, 0.25) is 21.8 Å². The molecule has 0 aliphatic rings. The largest absolute Gasteiger partial charge is 0.355 e. The molecule has 0 radical (unpaired) electrons. The average molecular weight is 562 g/mol. The number of rotatable bonds is 11. The van der Waals surface area contributed by atoms with E-state index in [0.717, 1.165) is 20.6 Å². The van der Waals surface area contributed by atoms with Gasteiger partial charge in [0.15, 0.2) is 0 Å².